The number of nitrogens with zero attached hydrogens (tertiary/aromatic N) is 1. The number of alkyl halides is 1. The molecule has 0 aliphatic carbocycles. The van der Waals surface area contributed by atoms with Gasteiger partial charge in [0.15, 0.2) is 0 Å². The normalized spacial score (nSPS) is 12.7. The predicted molar refractivity (Wildman–Crippen MR) is 79.3 cm³/mol. The van der Waals surface area contributed by atoms with E-state index in [1.165, 1.54) is 4.88 Å². The van der Waals surface area contributed by atoms with Crippen molar-refractivity contribution in [1.29, 1.82) is 0 Å². The number of pyridine rings is 1. The lowest BCUT2D eigenvalue weighted by molar-refractivity contribution is 0.919. The highest BCUT2D eigenvalue weighted by Gasteiger charge is 2.13. The highest BCUT2D eigenvalue weighted by Crippen LogP contribution is 2.39. The van der Waals surface area contributed by atoms with Crippen molar-refractivity contribution < 1.29 is 0 Å². The Hall–Kier alpha value is 0.290. The topological polar surface area (TPSA) is 12.9 Å². The van der Waals surface area contributed by atoms with E-state index in [1.807, 2.05) is 24.4 Å². The number of thiophene rings is 1. The van der Waals surface area contributed by atoms with Crippen LogP contribution < -0.4 is 0 Å². The molecule has 1 nitrogen and oxygen atoms in total. The van der Waals surface area contributed by atoms with Crippen LogP contribution in [0.15, 0.2) is 38.7 Å². The Morgan fingerprint density at radius 3 is 2.69 bits per heavy atom. The summed E-state index contributed by atoms with van der Waals surface area (Å²) < 4.78 is 2.24. The number of halogens is 3. The minimum Gasteiger partial charge on any atom is -0.261 e. The summed E-state index contributed by atoms with van der Waals surface area (Å²) in [6, 6.07) is 8.14. The predicted octanol–water partition coefficient (Wildman–Crippen LogP) is 5.35. The van der Waals surface area contributed by atoms with Gasteiger partial charge in [-0.3, -0.25) is 4.98 Å². The molecule has 0 bridgehead atoms. The molecule has 0 aliphatic rings. The van der Waals surface area contributed by atoms with Crippen LogP contribution in [0.1, 0.15) is 15.4 Å². The van der Waals surface area contributed by atoms with Crippen LogP contribution in [0.5, 0.6) is 0 Å². The molecule has 1 atom stereocenters. The van der Waals surface area contributed by atoms with Crippen molar-refractivity contribution in [2.24, 2.45) is 0 Å². The fraction of sp³-hybridized carbons (Fsp3) is 0.182. The average molecular weight is 426 g/mol. The second kappa shape index (κ2) is 5.76. The van der Waals surface area contributed by atoms with E-state index < -0.39 is 0 Å². The first-order valence-electron chi connectivity index (χ1n) is 4.65. The van der Waals surface area contributed by atoms with Gasteiger partial charge in [0.25, 0.3) is 0 Å². The maximum atomic E-state index is 4.32. The van der Waals surface area contributed by atoms with Crippen molar-refractivity contribution in [3.8, 4) is 0 Å². The third-order valence-electron chi connectivity index (χ3n) is 2.09. The molecule has 1 unspecified atom stereocenters. The summed E-state index contributed by atoms with van der Waals surface area (Å²) in [5.74, 6) is 0. The zero-order chi connectivity index (χ0) is 11.5. The molecule has 0 spiro atoms. The third kappa shape index (κ3) is 3.15. The van der Waals surface area contributed by atoms with Crippen LogP contribution >= 0.6 is 59.1 Å². The van der Waals surface area contributed by atoms with E-state index in [4.69, 9.17) is 0 Å². The van der Waals surface area contributed by atoms with Gasteiger partial charge in [0.05, 0.1) is 8.61 Å². The Balaban J connectivity index is 2.11. The molecule has 2 rings (SSSR count). The van der Waals surface area contributed by atoms with E-state index in [1.54, 1.807) is 11.3 Å². The lowest BCUT2D eigenvalue weighted by atomic mass is 10.2. The van der Waals surface area contributed by atoms with Gasteiger partial charge in [0.1, 0.15) is 0 Å². The lowest BCUT2D eigenvalue weighted by Gasteiger charge is -2.06. The highest BCUT2D eigenvalue weighted by atomic mass is 79.9. The van der Waals surface area contributed by atoms with Crippen LogP contribution in [0.25, 0.3) is 0 Å². The van der Waals surface area contributed by atoms with E-state index in [-0.39, 0.29) is 0 Å². The van der Waals surface area contributed by atoms with Gasteiger partial charge < -0.3 is 0 Å². The third-order valence-corrected chi connectivity index (χ3v) is 6.58. The summed E-state index contributed by atoms with van der Waals surface area (Å²) in [4.78, 5) is 5.94. The molecule has 0 aliphatic heterocycles. The van der Waals surface area contributed by atoms with E-state index in [0.29, 0.717) is 4.83 Å². The van der Waals surface area contributed by atoms with Crippen LogP contribution in [-0.4, -0.2) is 4.98 Å². The van der Waals surface area contributed by atoms with E-state index in [0.717, 1.165) is 20.4 Å². The quantitative estimate of drug-likeness (QED) is 0.604. The van der Waals surface area contributed by atoms with Gasteiger partial charge in [0, 0.05) is 27.7 Å². The zero-order valence-electron chi connectivity index (χ0n) is 8.16. The van der Waals surface area contributed by atoms with Gasteiger partial charge >= 0.3 is 0 Å². The van der Waals surface area contributed by atoms with Crippen LogP contribution in [-0.2, 0) is 6.42 Å². The Labute approximate surface area is 124 Å². The summed E-state index contributed by atoms with van der Waals surface area (Å²) in [6.07, 6.45) is 2.73. The first kappa shape index (κ1) is 12.7. The van der Waals surface area contributed by atoms with Crippen molar-refractivity contribution >= 4 is 59.1 Å². The molecule has 84 valence electrons. The van der Waals surface area contributed by atoms with E-state index in [9.17, 15) is 0 Å². The molecule has 16 heavy (non-hydrogen) atoms. The standard InChI is InChI=1S/C11H8Br3NS/c12-8(5-7-3-1-2-4-15-7)10-6-9(13)11(14)16-10/h1-4,6,8H,5H2. The molecule has 0 amide bonds. The largest absolute Gasteiger partial charge is 0.261 e. The summed E-state index contributed by atoms with van der Waals surface area (Å²) in [5.41, 5.74) is 1.10. The number of rotatable bonds is 3. The van der Waals surface area contributed by atoms with Crippen LogP contribution in [0.4, 0.5) is 0 Å². The maximum absolute atomic E-state index is 4.32. The fourth-order valence-electron chi connectivity index (χ4n) is 1.32. The van der Waals surface area contributed by atoms with E-state index in [2.05, 4.69) is 58.8 Å². The smallest absolute Gasteiger partial charge is 0.0843 e. The average Bonchev–Trinajstić information content (AvgIpc) is 2.61. The number of hydrogen-bond acceptors (Lipinski definition) is 2. The van der Waals surface area contributed by atoms with Gasteiger partial charge in [-0.05, 0) is 50.1 Å². The second-order valence-corrected chi connectivity index (χ2v) is 7.62. The molecule has 0 saturated carbocycles. The van der Waals surface area contributed by atoms with Crippen molar-refractivity contribution in [2.75, 3.05) is 0 Å². The zero-order valence-corrected chi connectivity index (χ0v) is 13.7. The van der Waals surface area contributed by atoms with Crippen LogP contribution in [0, 0.1) is 0 Å². The monoisotopic (exact) mass is 423 g/mol. The van der Waals surface area contributed by atoms with Crippen LogP contribution in [0.2, 0.25) is 0 Å². The molecular formula is C11H8Br3NS. The lowest BCUT2D eigenvalue weighted by Crippen LogP contribution is -1.94. The Kier molecular flexibility index (Phi) is 4.58. The van der Waals surface area contributed by atoms with Gasteiger partial charge in [-0.1, -0.05) is 22.0 Å². The fourth-order valence-corrected chi connectivity index (χ4v) is 4.13. The summed E-state index contributed by atoms with van der Waals surface area (Å²) >= 11 is 12.4. The van der Waals surface area contributed by atoms with Crippen molar-refractivity contribution in [2.45, 2.75) is 11.2 Å². The minimum absolute atomic E-state index is 0.315. The molecule has 2 heterocycles. The SMILES string of the molecule is Brc1cc(C(Br)Cc2ccccn2)sc1Br. The molecule has 0 radical (unpaired) electrons. The highest BCUT2D eigenvalue weighted by molar-refractivity contribution is 9.13. The maximum Gasteiger partial charge on any atom is 0.0843 e. The van der Waals surface area contributed by atoms with Crippen molar-refractivity contribution in [1.82, 2.24) is 4.98 Å². The van der Waals surface area contributed by atoms with Gasteiger partial charge in [-0.15, -0.1) is 11.3 Å². The van der Waals surface area contributed by atoms with Crippen molar-refractivity contribution in [3.05, 3.63) is 49.3 Å². The molecule has 0 fully saturated rings. The number of aromatic nitrogens is 1. The van der Waals surface area contributed by atoms with Gasteiger partial charge in [-0.2, -0.15) is 0 Å². The summed E-state index contributed by atoms with van der Waals surface area (Å²) in [7, 11) is 0. The molecule has 0 N–H and O–H groups in total. The molecule has 5 heteroatoms. The number of hydrogen-bond donors (Lipinski definition) is 0. The minimum atomic E-state index is 0.315. The Morgan fingerprint density at radius 2 is 2.12 bits per heavy atom. The first-order valence-corrected chi connectivity index (χ1v) is 7.97. The summed E-state index contributed by atoms with van der Waals surface area (Å²) in [6.45, 7) is 0. The van der Waals surface area contributed by atoms with Crippen molar-refractivity contribution in [3.63, 3.8) is 0 Å². The van der Waals surface area contributed by atoms with Gasteiger partial charge in [-0.25, -0.2) is 0 Å². The Morgan fingerprint density at radius 1 is 1.31 bits per heavy atom. The first-order chi connectivity index (χ1) is 7.66. The van der Waals surface area contributed by atoms with Gasteiger partial charge in [0.2, 0.25) is 0 Å². The van der Waals surface area contributed by atoms with Crippen LogP contribution in [0.3, 0.4) is 0 Å². The molecule has 2 aromatic heterocycles. The molecule has 0 saturated heterocycles. The van der Waals surface area contributed by atoms with E-state index >= 15 is 0 Å². The molecular weight excluding hydrogens is 418 g/mol. The second-order valence-electron chi connectivity index (χ2n) is 3.26. The Bertz CT molecular complexity index is 450. The molecule has 0 aromatic carbocycles. The molecule has 2 aromatic rings. The summed E-state index contributed by atoms with van der Waals surface area (Å²) in [5, 5.41) is 0.